The molecule has 174 valence electrons. The fourth-order valence-corrected chi connectivity index (χ4v) is 3.40. The van der Waals surface area contributed by atoms with Gasteiger partial charge in [-0.1, -0.05) is 50.1 Å². The Morgan fingerprint density at radius 3 is 2.48 bits per heavy atom. The van der Waals surface area contributed by atoms with Crippen molar-refractivity contribution in [3.63, 3.8) is 0 Å². The first kappa shape index (κ1) is 23.8. The van der Waals surface area contributed by atoms with Crippen LogP contribution in [0.4, 0.5) is 5.82 Å². The van der Waals surface area contributed by atoms with Crippen molar-refractivity contribution in [2.24, 2.45) is 5.92 Å². The van der Waals surface area contributed by atoms with Crippen LogP contribution in [0.15, 0.2) is 42.6 Å². The summed E-state index contributed by atoms with van der Waals surface area (Å²) in [7, 11) is 1.31. The molecule has 0 aliphatic rings. The third-order valence-corrected chi connectivity index (χ3v) is 5.61. The maximum atomic E-state index is 12.8. The Bertz CT molecular complexity index is 1170. The summed E-state index contributed by atoms with van der Waals surface area (Å²) in [5.74, 6) is -1.64. The highest BCUT2D eigenvalue weighted by molar-refractivity contribution is 5.97. The molecule has 2 unspecified atom stereocenters. The number of carboxylic acid groups (broad SMARTS) is 1. The molecular weight excluding hydrogens is 424 g/mol. The van der Waals surface area contributed by atoms with Gasteiger partial charge in [0.05, 0.1) is 7.11 Å². The molecule has 3 rings (SSSR count). The highest BCUT2D eigenvalue weighted by Crippen LogP contribution is 2.29. The summed E-state index contributed by atoms with van der Waals surface area (Å²) in [5, 5.41) is 15.1. The number of methoxy groups -OCH3 is 1. The van der Waals surface area contributed by atoms with Crippen molar-refractivity contribution in [1.82, 2.24) is 14.7 Å². The Labute approximate surface area is 191 Å². The van der Waals surface area contributed by atoms with Crippen LogP contribution >= 0.6 is 0 Å². The van der Waals surface area contributed by atoms with Gasteiger partial charge >= 0.3 is 11.9 Å². The lowest BCUT2D eigenvalue weighted by Crippen LogP contribution is -2.45. The summed E-state index contributed by atoms with van der Waals surface area (Å²) in [6.07, 6.45) is 2.28. The fourth-order valence-electron chi connectivity index (χ4n) is 3.40. The van der Waals surface area contributed by atoms with Crippen LogP contribution in [0.5, 0.6) is 0 Å². The molecule has 0 saturated carbocycles. The predicted octanol–water partition coefficient (Wildman–Crippen LogP) is 3.12. The monoisotopic (exact) mass is 452 g/mol. The summed E-state index contributed by atoms with van der Waals surface area (Å²) in [4.78, 5) is 40.7. The van der Waals surface area contributed by atoms with Crippen LogP contribution in [-0.2, 0) is 14.3 Å². The number of nitrogens with one attached hydrogen (secondary N) is 2. The molecule has 0 saturated heterocycles. The fraction of sp³-hybridized carbons (Fsp3) is 0.333. The Balaban J connectivity index is 2.00. The molecule has 0 spiro atoms. The van der Waals surface area contributed by atoms with Crippen LogP contribution in [0.1, 0.15) is 36.2 Å². The molecule has 0 radical (unpaired) electrons. The van der Waals surface area contributed by atoms with Gasteiger partial charge in [-0.3, -0.25) is 14.0 Å². The minimum atomic E-state index is -1.07. The number of carbonyl (C=O) groups is 3. The van der Waals surface area contributed by atoms with E-state index in [0.717, 1.165) is 11.1 Å². The average Bonchev–Trinajstić information content (AvgIpc) is 3.18. The lowest BCUT2D eigenvalue weighted by Gasteiger charge is -2.20. The highest BCUT2D eigenvalue weighted by Gasteiger charge is 2.26. The summed E-state index contributed by atoms with van der Waals surface area (Å²) in [6, 6.07) is 9.97. The average molecular weight is 453 g/mol. The van der Waals surface area contributed by atoms with Gasteiger partial charge < -0.3 is 20.5 Å². The molecular formula is C24H28N4O5. The zero-order valence-corrected chi connectivity index (χ0v) is 19.1. The van der Waals surface area contributed by atoms with Crippen molar-refractivity contribution in [3.8, 4) is 11.3 Å². The van der Waals surface area contributed by atoms with Crippen LogP contribution in [0.2, 0.25) is 0 Å². The first-order valence-electron chi connectivity index (χ1n) is 10.7. The molecule has 0 aliphatic heterocycles. The number of benzene rings is 1. The number of esters is 1. The number of anilines is 1. The Morgan fingerprint density at radius 2 is 1.88 bits per heavy atom. The minimum Gasteiger partial charge on any atom is -0.480 e. The maximum absolute atomic E-state index is 12.8. The first-order chi connectivity index (χ1) is 15.7. The topological polar surface area (TPSA) is 122 Å². The van der Waals surface area contributed by atoms with Gasteiger partial charge in [-0.15, -0.1) is 0 Å². The van der Waals surface area contributed by atoms with Gasteiger partial charge in [-0.05, 0) is 25.0 Å². The van der Waals surface area contributed by atoms with Gasteiger partial charge in [0.25, 0.3) is 5.91 Å². The lowest BCUT2D eigenvalue weighted by molar-refractivity contribution is -0.140. The van der Waals surface area contributed by atoms with E-state index in [1.165, 1.54) is 7.11 Å². The third-order valence-electron chi connectivity index (χ3n) is 5.61. The largest absolute Gasteiger partial charge is 0.480 e. The van der Waals surface area contributed by atoms with E-state index >= 15 is 0 Å². The molecule has 9 nitrogen and oxygen atoms in total. The number of amides is 1. The molecule has 1 aromatic carbocycles. The quantitative estimate of drug-likeness (QED) is 0.426. The Kier molecular flexibility index (Phi) is 7.32. The van der Waals surface area contributed by atoms with E-state index in [1.54, 1.807) is 29.7 Å². The van der Waals surface area contributed by atoms with Crippen molar-refractivity contribution < 1.29 is 24.2 Å². The number of fused-ring (bicyclic) bond motifs is 1. The molecule has 2 atom stereocenters. The second-order valence-electron chi connectivity index (χ2n) is 7.92. The molecule has 9 heteroatoms. The number of carboxylic acids is 1. The number of ether oxygens (including phenoxy) is 1. The molecule has 3 N–H and O–H groups in total. The zero-order chi connectivity index (χ0) is 24.1. The first-order valence-corrected chi connectivity index (χ1v) is 10.7. The van der Waals surface area contributed by atoms with E-state index in [-0.39, 0.29) is 18.0 Å². The lowest BCUT2D eigenvalue weighted by atomic mass is 9.99. The molecule has 0 bridgehead atoms. The van der Waals surface area contributed by atoms with E-state index in [4.69, 9.17) is 4.74 Å². The molecule has 2 heterocycles. The molecule has 0 fully saturated rings. The van der Waals surface area contributed by atoms with Crippen molar-refractivity contribution in [1.29, 1.82) is 0 Å². The Morgan fingerprint density at radius 1 is 1.18 bits per heavy atom. The summed E-state index contributed by atoms with van der Waals surface area (Å²) in [6.45, 7) is 5.59. The van der Waals surface area contributed by atoms with Crippen molar-refractivity contribution >= 4 is 29.3 Å². The van der Waals surface area contributed by atoms with Gasteiger partial charge in [-0.25, -0.2) is 9.78 Å². The smallest absolute Gasteiger partial charge is 0.326 e. The van der Waals surface area contributed by atoms with Crippen molar-refractivity contribution in [2.45, 2.75) is 33.2 Å². The standard InChI is InChI=1S/C24H28N4O5/c1-5-15(3)20(24(31)32)27-23(30)17-10-11-28-18(12-17)26-21(16-8-6-14(2)7-9-16)22(28)25-13-19(29)33-4/h6-12,15,20,25H,5,13H2,1-4H3,(H,27,30)(H,31,32). The zero-order valence-electron chi connectivity index (χ0n) is 19.1. The van der Waals surface area contributed by atoms with Gasteiger partial charge in [0.1, 0.15) is 29.7 Å². The van der Waals surface area contributed by atoms with Gasteiger partial charge in [-0.2, -0.15) is 0 Å². The van der Waals surface area contributed by atoms with Gasteiger partial charge in [0.2, 0.25) is 0 Å². The van der Waals surface area contributed by atoms with Crippen LogP contribution in [0.25, 0.3) is 16.9 Å². The van der Waals surface area contributed by atoms with E-state index in [9.17, 15) is 19.5 Å². The van der Waals surface area contributed by atoms with E-state index in [2.05, 4.69) is 15.6 Å². The Hall–Kier alpha value is -3.88. The normalized spacial score (nSPS) is 12.7. The summed E-state index contributed by atoms with van der Waals surface area (Å²) in [5.41, 5.74) is 3.31. The van der Waals surface area contributed by atoms with Crippen LogP contribution in [0.3, 0.4) is 0 Å². The number of hydrogen-bond acceptors (Lipinski definition) is 6. The molecule has 3 aromatic rings. The van der Waals surface area contributed by atoms with Crippen LogP contribution in [-0.4, -0.2) is 52.0 Å². The highest BCUT2D eigenvalue weighted by atomic mass is 16.5. The molecule has 1 amide bonds. The number of hydrogen-bond donors (Lipinski definition) is 3. The molecule has 33 heavy (non-hydrogen) atoms. The summed E-state index contributed by atoms with van der Waals surface area (Å²) >= 11 is 0. The van der Waals surface area contributed by atoms with E-state index in [1.807, 2.05) is 38.1 Å². The number of aliphatic carboxylic acids is 1. The number of aromatic nitrogens is 2. The van der Waals surface area contributed by atoms with Crippen molar-refractivity contribution in [3.05, 3.63) is 53.7 Å². The maximum Gasteiger partial charge on any atom is 0.326 e. The van der Waals surface area contributed by atoms with Crippen LogP contribution < -0.4 is 10.6 Å². The van der Waals surface area contributed by atoms with Crippen LogP contribution in [0, 0.1) is 12.8 Å². The van der Waals surface area contributed by atoms with Gasteiger partial charge in [0, 0.05) is 17.3 Å². The number of aryl methyl sites for hydroxylation is 1. The minimum absolute atomic E-state index is 0.0550. The third kappa shape index (κ3) is 5.31. The number of rotatable bonds is 9. The number of imidazole rings is 1. The SMILES string of the molecule is CCC(C)C(NC(=O)c1ccn2c(NCC(=O)OC)c(-c3ccc(C)cc3)nc2c1)C(=O)O. The molecule has 0 aliphatic carbocycles. The van der Waals surface area contributed by atoms with E-state index in [0.29, 0.717) is 23.6 Å². The van der Waals surface area contributed by atoms with Crippen molar-refractivity contribution in [2.75, 3.05) is 19.0 Å². The second kappa shape index (κ2) is 10.2. The predicted molar refractivity (Wildman–Crippen MR) is 124 cm³/mol. The second-order valence-corrected chi connectivity index (χ2v) is 7.92. The number of carbonyl (C=O) groups excluding carboxylic acids is 2. The molecule has 2 aromatic heterocycles. The van der Waals surface area contributed by atoms with Gasteiger partial charge in [0.15, 0.2) is 0 Å². The van der Waals surface area contributed by atoms with E-state index < -0.39 is 23.9 Å². The number of nitrogens with zero attached hydrogens (tertiary/aromatic N) is 2. The number of pyridine rings is 1. The summed E-state index contributed by atoms with van der Waals surface area (Å²) < 4.78 is 6.46.